The van der Waals surface area contributed by atoms with E-state index in [0.717, 1.165) is 5.56 Å². The molecule has 2 rings (SSSR count). The minimum absolute atomic E-state index is 0.216. The Kier molecular flexibility index (Phi) is 4.94. The maximum Gasteiger partial charge on any atom is 0.256 e. The molecule has 0 spiro atoms. The van der Waals surface area contributed by atoms with Crippen LogP contribution in [-0.2, 0) is 0 Å². The van der Waals surface area contributed by atoms with Crippen LogP contribution in [0.1, 0.15) is 21.5 Å². The summed E-state index contributed by atoms with van der Waals surface area (Å²) in [5.41, 5.74) is 2.04. The van der Waals surface area contributed by atoms with Gasteiger partial charge in [-0.15, -0.1) is 0 Å². The summed E-state index contributed by atoms with van der Waals surface area (Å²) in [6.07, 6.45) is 1.54. The standard InChI is InChI=1S/C16H13ClN2O2/c1-11-7-13(10-14(17)8-11)16(21)19-15-9-12(3-2-6-20)4-5-18-15/h4-5,7-10,20H,6H2,1H3,(H,18,19,21). The third-order valence-electron chi connectivity index (χ3n) is 2.62. The van der Waals surface area contributed by atoms with Gasteiger partial charge in [0.25, 0.3) is 5.91 Å². The molecule has 106 valence electrons. The van der Waals surface area contributed by atoms with Crippen molar-refractivity contribution in [2.45, 2.75) is 6.92 Å². The molecule has 0 saturated heterocycles. The lowest BCUT2D eigenvalue weighted by molar-refractivity contribution is 0.102. The zero-order chi connectivity index (χ0) is 15.2. The average molecular weight is 301 g/mol. The number of benzene rings is 1. The number of amides is 1. The summed E-state index contributed by atoms with van der Waals surface area (Å²) in [5, 5.41) is 11.9. The number of carbonyl (C=O) groups is 1. The van der Waals surface area contributed by atoms with Gasteiger partial charge >= 0.3 is 0 Å². The first-order valence-electron chi connectivity index (χ1n) is 6.23. The van der Waals surface area contributed by atoms with Crippen LogP contribution >= 0.6 is 11.6 Å². The minimum Gasteiger partial charge on any atom is -0.384 e. The zero-order valence-corrected chi connectivity index (χ0v) is 12.1. The van der Waals surface area contributed by atoms with Crippen LogP contribution < -0.4 is 5.32 Å². The number of aliphatic hydroxyl groups is 1. The second-order valence-corrected chi connectivity index (χ2v) is 4.80. The number of hydrogen-bond acceptors (Lipinski definition) is 3. The summed E-state index contributed by atoms with van der Waals surface area (Å²) in [4.78, 5) is 16.2. The van der Waals surface area contributed by atoms with E-state index in [-0.39, 0.29) is 12.5 Å². The highest BCUT2D eigenvalue weighted by Gasteiger charge is 2.08. The lowest BCUT2D eigenvalue weighted by atomic mass is 10.1. The quantitative estimate of drug-likeness (QED) is 0.838. The Morgan fingerprint density at radius 1 is 1.38 bits per heavy atom. The Hall–Kier alpha value is -2.35. The van der Waals surface area contributed by atoms with Crippen molar-refractivity contribution >= 4 is 23.3 Å². The first kappa shape index (κ1) is 15.0. The van der Waals surface area contributed by atoms with Gasteiger partial charge in [0.05, 0.1) is 0 Å². The van der Waals surface area contributed by atoms with E-state index in [1.807, 2.05) is 6.92 Å². The number of halogens is 1. The Balaban J connectivity index is 2.19. The number of aromatic nitrogens is 1. The molecule has 21 heavy (non-hydrogen) atoms. The molecule has 0 aliphatic heterocycles. The molecule has 2 aromatic rings. The predicted octanol–water partition coefficient (Wildman–Crippen LogP) is 2.64. The van der Waals surface area contributed by atoms with Gasteiger partial charge in [0.15, 0.2) is 0 Å². The van der Waals surface area contributed by atoms with E-state index in [0.29, 0.717) is 22.0 Å². The van der Waals surface area contributed by atoms with E-state index >= 15 is 0 Å². The summed E-state index contributed by atoms with van der Waals surface area (Å²) in [7, 11) is 0. The largest absolute Gasteiger partial charge is 0.384 e. The van der Waals surface area contributed by atoms with Crippen LogP contribution in [0, 0.1) is 18.8 Å². The van der Waals surface area contributed by atoms with Gasteiger partial charge in [-0.3, -0.25) is 4.79 Å². The lowest BCUT2D eigenvalue weighted by Crippen LogP contribution is -2.13. The smallest absolute Gasteiger partial charge is 0.256 e. The molecule has 0 fully saturated rings. The van der Waals surface area contributed by atoms with E-state index in [1.165, 1.54) is 0 Å². The second-order valence-electron chi connectivity index (χ2n) is 4.36. The van der Waals surface area contributed by atoms with Crippen molar-refractivity contribution < 1.29 is 9.90 Å². The number of rotatable bonds is 2. The van der Waals surface area contributed by atoms with Crippen molar-refractivity contribution in [3.05, 3.63) is 58.2 Å². The number of carbonyl (C=O) groups excluding carboxylic acids is 1. The fourth-order valence-corrected chi connectivity index (χ4v) is 2.06. The van der Waals surface area contributed by atoms with Crippen molar-refractivity contribution in [1.29, 1.82) is 0 Å². The molecule has 0 unspecified atom stereocenters. The Morgan fingerprint density at radius 2 is 2.19 bits per heavy atom. The molecule has 0 bridgehead atoms. The maximum atomic E-state index is 12.2. The van der Waals surface area contributed by atoms with Crippen molar-refractivity contribution in [2.75, 3.05) is 11.9 Å². The fourth-order valence-electron chi connectivity index (χ4n) is 1.77. The van der Waals surface area contributed by atoms with Gasteiger partial charge in [-0.1, -0.05) is 23.4 Å². The number of aryl methyl sites for hydroxylation is 1. The second kappa shape index (κ2) is 6.89. The molecule has 1 heterocycles. The molecule has 0 aliphatic carbocycles. The molecule has 4 nitrogen and oxygen atoms in total. The lowest BCUT2D eigenvalue weighted by Gasteiger charge is -2.06. The highest BCUT2D eigenvalue weighted by atomic mass is 35.5. The highest BCUT2D eigenvalue weighted by Crippen LogP contribution is 2.16. The van der Waals surface area contributed by atoms with Crippen LogP contribution in [0.15, 0.2) is 36.5 Å². The van der Waals surface area contributed by atoms with Gasteiger partial charge in [0.1, 0.15) is 12.4 Å². The molecular weight excluding hydrogens is 288 g/mol. The molecule has 5 heteroatoms. The molecule has 0 saturated carbocycles. The number of pyridine rings is 1. The molecule has 0 atom stereocenters. The summed E-state index contributed by atoms with van der Waals surface area (Å²) < 4.78 is 0. The third kappa shape index (κ3) is 4.32. The van der Waals surface area contributed by atoms with Crippen molar-refractivity contribution in [1.82, 2.24) is 4.98 Å². The first-order chi connectivity index (χ1) is 10.1. The minimum atomic E-state index is -0.291. The molecule has 1 amide bonds. The molecule has 1 aromatic carbocycles. The number of nitrogens with one attached hydrogen (secondary N) is 1. The van der Waals surface area contributed by atoms with Crippen molar-refractivity contribution in [3.63, 3.8) is 0 Å². The van der Waals surface area contributed by atoms with Crippen LogP contribution in [0.25, 0.3) is 0 Å². The summed E-state index contributed by atoms with van der Waals surface area (Å²) in [6.45, 7) is 1.65. The number of hydrogen-bond donors (Lipinski definition) is 2. The molecular formula is C16H13ClN2O2. The Labute approximate surface area is 127 Å². The molecule has 0 radical (unpaired) electrons. The van der Waals surface area contributed by atoms with Gasteiger partial charge in [-0.25, -0.2) is 4.98 Å². The van der Waals surface area contributed by atoms with Crippen LogP contribution in [0.4, 0.5) is 5.82 Å². The fraction of sp³-hybridized carbons (Fsp3) is 0.125. The van der Waals surface area contributed by atoms with E-state index in [1.54, 1.807) is 36.5 Å². The van der Waals surface area contributed by atoms with Gasteiger partial charge < -0.3 is 10.4 Å². The monoisotopic (exact) mass is 300 g/mol. The van der Waals surface area contributed by atoms with Crippen LogP contribution in [0.2, 0.25) is 5.02 Å². The topological polar surface area (TPSA) is 62.2 Å². The average Bonchev–Trinajstić information content (AvgIpc) is 2.44. The maximum absolute atomic E-state index is 12.2. The van der Waals surface area contributed by atoms with Crippen molar-refractivity contribution in [2.24, 2.45) is 0 Å². The Morgan fingerprint density at radius 3 is 2.90 bits per heavy atom. The van der Waals surface area contributed by atoms with E-state index < -0.39 is 0 Å². The van der Waals surface area contributed by atoms with Crippen molar-refractivity contribution in [3.8, 4) is 11.8 Å². The number of aliphatic hydroxyl groups excluding tert-OH is 1. The van der Waals surface area contributed by atoms with Crippen LogP contribution in [0.3, 0.4) is 0 Å². The zero-order valence-electron chi connectivity index (χ0n) is 11.4. The van der Waals surface area contributed by atoms with Gasteiger partial charge in [-0.2, -0.15) is 0 Å². The van der Waals surface area contributed by atoms with Crippen LogP contribution in [0.5, 0.6) is 0 Å². The third-order valence-corrected chi connectivity index (χ3v) is 2.84. The molecule has 0 aliphatic rings. The Bertz CT molecular complexity index is 712. The summed E-state index contributed by atoms with van der Waals surface area (Å²) >= 11 is 5.94. The first-order valence-corrected chi connectivity index (χ1v) is 6.60. The molecule has 2 N–H and O–H groups in total. The van der Waals surface area contributed by atoms with E-state index in [4.69, 9.17) is 16.7 Å². The van der Waals surface area contributed by atoms with Gasteiger partial charge in [0, 0.05) is 22.3 Å². The summed E-state index contributed by atoms with van der Waals surface area (Å²) in [5.74, 6) is 5.39. The number of nitrogens with zero attached hydrogens (tertiary/aromatic N) is 1. The molecule has 1 aromatic heterocycles. The highest BCUT2D eigenvalue weighted by molar-refractivity contribution is 6.31. The summed E-state index contributed by atoms with van der Waals surface area (Å²) in [6, 6.07) is 8.46. The van der Waals surface area contributed by atoms with Gasteiger partial charge in [-0.05, 0) is 42.8 Å². The predicted molar refractivity (Wildman–Crippen MR) is 82.3 cm³/mol. The normalized spacial score (nSPS) is 9.67. The number of anilines is 1. The SMILES string of the molecule is Cc1cc(Cl)cc(C(=O)Nc2cc(C#CCO)ccn2)c1. The van der Waals surface area contributed by atoms with E-state index in [2.05, 4.69) is 22.1 Å². The van der Waals surface area contributed by atoms with E-state index in [9.17, 15) is 4.79 Å². The van der Waals surface area contributed by atoms with Crippen LogP contribution in [-0.4, -0.2) is 22.6 Å². The van der Waals surface area contributed by atoms with Gasteiger partial charge in [0.2, 0.25) is 0 Å².